The lowest BCUT2D eigenvalue weighted by molar-refractivity contribution is 0.0946. The highest BCUT2D eigenvalue weighted by molar-refractivity contribution is 5.96. The van der Waals surface area contributed by atoms with Crippen LogP contribution in [0.5, 0.6) is 0 Å². The standard InChI is InChI=1S/C21H18FN3O3/c1-28-13-17-6-4-14(10-24-17)11-25-21(27)18-9-15(5-7-19(18)22)20-16(12-26)3-2-8-23-20/h2-10,12H,11,13H2,1H3,(H,25,27). The van der Waals surface area contributed by atoms with E-state index in [2.05, 4.69) is 15.3 Å². The molecule has 3 aromatic rings. The van der Waals surface area contributed by atoms with E-state index in [-0.39, 0.29) is 12.1 Å². The van der Waals surface area contributed by atoms with E-state index >= 15 is 0 Å². The number of halogens is 1. The minimum atomic E-state index is -0.654. The summed E-state index contributed by atoms with van der Waals surface area (Å²) in [5.41, 5.74) is 2.67. The molecule has 0 aliphatic carbocycles. The van der Waals surface area contributed by atoms with Crippen LogP contribution in [0, 0.1) is 5.82 Å². The molecule has 28 heavy (non-hydrogen) atoms. The number of carbonyl (C=O) groups is 2. The predicted molar refractivity (Wildman–Crippen MR) is 101 cm³/mol. The lowest BCUT2D eigenvalue weighted by Gasteiger charge is -2.09. The summed E-state index contributed by atoms with van der Waals surface area (Å²) in [7, 11) is 1.58. The van der Waals surface area contributed by atoms with E-state index in [0.29, 0.717) is 29.7 Å². The molecular weight excluding hydrogens is 361 g/mol. The van der Waals surface area contributed by atoms with Crippen molar-refractivity contribution in [1.82, 2.24) is 15.3 Å². The van der Waals surface area contributed by atoms with E-state index in [4.69, 9.17) is 4.74 Å². The van der Waals surface area contributed by atoms with Crippen molar-refractivity contribution in [3.63, 3.8) is 0 Å². The average Bonchev–Trinajstić information content (AvgIpc) is 2.73. The first-order valence-corrected chi connectivity index (χ1v) is 8.53. The normalized spacial score (nSPS) is 10.5. The Kier molecular flexibility index (Phi) is 6.18. The average molecular weight is 379 g/mol. The third-order valence-electron chi connectivity index (χ3n) is 4.08. The largest absolute Gasteiger partial charge is 0.378 e. The highest BCUT2D eigenvalue weighted by Gasteiger charge is 2.15. The van der Waals surface area contributed by atoms with E-state index in [1.165, 1.54) is 24.4 Å². The van der Waals surface area contributed by atoms with Gasteiger partial charge in [0, 0.05) is 37.2 Å². The summed E-state index contributed by atoms with van der Waals surface area (Å²) < 4.78 is 19.2. The summed E-state index contributed by atoms with van der Waals surface area (Å²) in [5.74, 6) is -1.22. The Labute approximate surface area is 161 Å². The number of pyridine rings is 2. The van der Waals surface area contributed by atoms with Gasteiger partial charge in [-0.3, -0.25) is 19.6 Å². The number of hydrogen-bond acceptors (Lipinski definition) is 5. The van der Waals surface area contributed by atoms with E-state index in [0.717, 1.165) is 11.3 Å². The summed E-state index contributed by atoms with van der Waals surface area (Å²) in [5, 5.41) is 2.67. The fourth-order valence-electron chi connectivity index (χ4n) is 2.67. The number of benzene rings is 1. The van der Waals surface area contributed by atoms with E-state index in [1.54, 1.807) is 31.5 Å². The van der Waals surface area contributed by atoms with Gasteiger partial charge in [0.05, 0.1) is 23.6 Å². The minimum Gasteiger partial charge on any atom is -0.378 e. The van der Waals surface area contributed by atoms with Crippen LogP contribution in [0.25, 0.3) is 11.3 Å². The highest BCUT2D eigenvalue weighted by atomic mass is 19.1. The van der Waals surface area contributed by atoms with Crippen LogP contribution in [0.4, 0.5) is 4.39 Å². The maximum absolute atomic E-state index is 14.2. The van der Waals surface area contributed by atoms with Crippen molar-refractivity contribution in [1.29, 1.82) is 0 Å². The molecule has 0 saturated heterocycles. The molecule has 0 aliphatic rings. The van der Waals surface area contributed by atoms with E-state index < -0.39 is 11.7 Å². The maximum atomic E-state index is 14.2. The van der Waals surface area contributed by atoms with Crippen molar-refractivity contribution in [2.75, 3.05) is 7.11 Å². The number of amides is 1. The SMILES string of the molecule is COCc1ccc(CNC(=O)c2cc(-c3ncccc3C=O)ccc2F)cn1. The topological polar surface area (TPSA) is 81.2 Å². The monoisotopic (exact) mass is 379 g/mol. The molecule has 0 radical (unpaired) electrons. The summed E-state index contributed by atoms with van der Waals surface area (Å²) >= 11 is 0. The second kappa shape index (κ2) is 8.96. The smallest absolute Gasteiger partial charge is 0.254 e. The van der Waals surface area contributed by atoms with Crippen molar-refractivity contribution in [2.45, 2.75) is 13.2 Å². The number of aldehydes is 1. The molecule has 0 bridgehead atoms. The van der Waals surface area contributed by atoms with E-state index in [1.807, 2.05) is 6.07 Å². The highest BCUT2D eigenvalue weighted by Crippen LogP contribution is 2.23. The summed E-state index contributed by atoms with van der Waals surface area (Å²) in [6.45, 7) is 0.604. The number of nitrogens with zero attached hydrogens (tertiary/aromatic N) is 2. The summed E-state index contributed by atoms with van der Waals surface area (Å²) in [6.07, 6.45) is 3.84. The molecule has 0 saturated carbocycles. The van der Waals surface area contributed by atoms with Gasteiger partial charge in [-0.2, -0.15) is 0 Å². The number of hydrogen-bond donors (Lipinski definition) is 1. The Bertz CT molecular complexity index is 990. The number of ether oxygens (including phenoxy) is 1. The second-order valence-corrected chi connectivity index (χ2v) is 6.03. The Morgan fingerprint density at radius 3 is 2.79 bits per heavy atom. The lowest BCUT2D eigenvalue weighted by atomic mass is 10.0. The molecule has 3 rings (SSSR count). The van der Waals surface area contributed by atoms with Gasteiger partial charge in [-0.15, -0.1) is 0 Å². The number of rotatable bonds is 7. The third kappa shape index (κ3) is 4.44. The Hall–Kier alpha value is -3.45. The molecule has 142 valence electrons. The molecule has 0 spiro atoms. The van der Waals surface area contributed by atoms with Crippen molar-refractivity contribution in [2.24, 2.45) is 0 Å². The minimum absolute atomic E-state index is 0.121. The van der Waals surface area contributed by atoms with Crippen LogP contribution in [-0.4, -0.2) is 29.3 Å². The Morgan fingerprint density at radius 2 is 2.07 bits per heavy atom. The van der Waals surface area contributed by atoms with Crippen LogP contribution in [-0.2, 0) is 17.9 Å². The van der Waals surface area contributed by atoms with Gasteiger partial charge < -0.3 is 10.1 Å². The first-order chi connectivity index (χ1) is 13.6. The molecule has 0 unspecified atom stereocenters. The first kappa shape index (κ1) is 19.3. The van der Waals surface area contributed by atoms with Gasteiger partial charge in [0.25, 0.3) is 5.91 Å². The van der Waals surface area contributed by atoms with Crippen LogP contribution in [0.2, 0.25) is 0 Å². The van der Waals surface area contributed by atoms with Gasteiger partial charge >= 0.3 is 0 Å². The number of carbonyl (C=O) groups excluding carboxylic acids is 2. The molecule has 2 aromatic heterocycles. The van der Waals surface area contributed by atoms with Crippen molar-refractivity contribution in [3.05, 3.63) is 83.1 Å². The quantitative estimate of drug-likeness (QED) is 0.638. The predicted octanol–water partition coefficient (Wildman–Crippen LogP) is 3.17. The van der Waals surface area contributed by atoms with Gasteiger partial charge in [-0.25, -0.2) is 4.39 Å². The molecule has 0 atom stereocenters. The van der Waals surface area contributed by atoms with Crippen molar-refractivity contribution >= 4 is 12.2 Å². The van der Waals surface area contributed by atoms with Gasteiger partial charge in [0.1, 0.15) is 5.82 Å². The van der Waals surface area contributed by atoms with Crippen molar-refractivity contribution in [3.8, 4) is 11.3 Å². The molecule has 6 nitrogen and oxygen atoms in total. The molecule has 1 amide bonds. The van der Waals surface area contributed by atoms with Crippen LogP contribution in [0.3, 0.4) is 0 Å². The summed E-state index contributed by atoms with van der Waals surface area (Å²) in [6, 6.07) is 10.9. The molecular formula is C21H18FN3O3. The first-order valence-electron chi connectivity index (χ1n) is 8.53. The van der Waals surface area contributed by atoms with E-state index in [9.17, 15) is 14.0 Å². The van der Waals surface area contributed by atoms with Gasteiger partial charge in [-0.05, 0) is 42.0 Å². The number of methoxy groups -OCH3 is 1. The van der Waals surface area contributed by atoms with Crippen molar-refractivity contribution < 1.29 is 18.7 Å². The molecule has 2 heterocycles. The van der Waals surface area contributed by atoms with Crippen LogP contribution >= 0.6 is 0 Å². The number of nitrogens with one attached hydrogen (secondary N) is 1. The van der Waals surface area contributed by atoms with Crippen LogP contribution in [0.1, 0.15) is 32.0 Å². The fraction of sp³-hybridized carbons (Fsp3) is 0.143. The fourth-order valence-corrected chi connectivity index (χ4v) is 2.67. The third-order valence-corrected chi connectivity index (χ3v) is 4.08. The molecule has 7 heteroatoms. The van der Waals surface area contributed by atoms with Gasteiger partial charge in [0.2, 0.25) is 0 Å². The summed E-state index contributed by atoms with van der Waals surface area (Å²) in [4.78, 5) is 32.0. The van der Waals surface area contributed by atoms with Gasteiger partial charge in [-0.1, -0.05) is 6.07 Å². The maximum Gasteiger partial charge on any atom is 0.254 e. The zero-order valence-electron chi connectivity index (χ0n) is 15.2. The van der Waals surface area contributed by atoms with Crippen LogP contribution < -0.4 is 5.32 Å². The second-order valence-electron chi connectivity index (χ2n) is 6.03. The molecule has 0 aliphatic heterocycles. The molecule has 1 aromatic carbocycles. The number of aromatic nitrogens is 2. The molecule has 0 fully saturated rings. The Morgan fingerprint density at radius 1 is 1.21 bits per heavy atom. The van der Waals surface area contributed by atoms with Crippen LogP contribution in [0.15, 0.2) is 54.9 Å². The molecule has 1 N–H and O–H groups in total. The zero-order valence-corrected chi connectivity index (χ0v) is 15.2. The Balaban J connectivity index is 1.77. The zero-order chi connectivity index (χ0) is 19.9. The van der Waals surface area contributed by atoms with Gasteiger partial charge in [0.15, 0.2) is 6.29 Å². The lowest BCUT2D eigenvalue weighted by Crippen LogP contribution is -2.24.